The number of aliphatic carboxylic acids is 1. The van der Waals surface area contributed by atoms with Gasteiger partial charge >= 0.3 is 5.97 Å². The van der Waals surface area contributed by atoms with E-state index in [0.717, 1.165) is 0 Å². The number of carboxylic acids is 1. The summed E-state index contributed by atoms with van der Waals surface area (Å²) in [5.74, 6) is -0.153. The molecule has 1 fully saturated rings. The number of nitrogens with one attached hydrogen (secondary N) is 1. The number of pyridine rings is 1. The van der Waals surface area contributed by atoms with Gasteiger partial charge in [-0.25, -0.2) is 4.98 Å². The molecule has 6 heteroatoms. The van der Waals surface area contributed by atoms with Gasteiger partial charge in [0.1, 0.15) is 17.9 Å². The highest BCUT2D eigenvalue weighted by Crippen LogP contribution is 2.13. The number of carbonyl (C=O) groups is 1. The van der Waals surface area contributed by atoms with Crippen molar-refractivity contribution in [3.05, 3.63) is 23.9 Å². The zero-order valence-corrected chi connectivity index (χ0v) is 9.13. The van der Waals surface area contributed by atoms with Crippen LogP contribution in [0, 0.1) is 11.3 Å². The molecule has 1 atom stereocenters. The number of anilines is 1. The monoisotopic (exact) mass is 232 g/mol. The maximum absolute atomic E-state index is 10.9. The number of aromatic nitrogens is 1. The second kappa shape index (κ2) is 4.80. The van der Waals surface area contributed by atoms with Gasteiger partial charge in [0, 0.05) is 25.8 Å². The molecule has 17 heavy (non-hydrogen) atoms. The average molecular weight is 232 g/mol. The Morgan fingerprint density at radius 1 is 1.65 bits per heavy atom. The number of carboxylic acid groups (broad SMARTS) is 1. The lowest BCUT2D eigenvalue weighted by atomic mass is 10.2. The number of piperazine rings is 1. The van der Waals surface area contributed by atoms with Gasteiger partial charge in [-0.3, -0.25) is 4.79 Å². The smallest absolute Gasteiger partial charge is 0.322 e. The standard InChI is InChI=1S/C11H12N4O2/c12-5-8-1-2-10(14-6-8)15-4-3-13-9(7-15)11(16)17/h1-2,6,9,13H,3-4,7H2,(H,16,17). The van der Waals surface area contributed by atoms with Gasteiger partial charge in [-0.15, -0.1) is 0 Å². The SMILES string of the molecule is N#Cc1ccc(N2CCNC(C(=O)O)C2)nc1. The molecule has 1 aliphatic heterocycles. The molecule has 0 aromatic carbocycles. The van der Waals surface area contributed by atoms with Crippen molar-refractivity contribution < 1.29 is 9.90 Å². The molecule has 0 saturated carbocycles. The Kier molecular flexibility index (Phi) is 3.21. The van der Waals surface area contributed by atoms with Crippen LogP contribution in [-0.4, -0.2) is 41.7 Å². The molecular weight excluding hydrogens is 220 g/mol. The van der Waals surface area contributed by atoms with Gasteiger partial charge in [-0.2, -0.15) is 5.26 Å². The minimum atomic E-state index is -0.858. The van der Waals surface area contributed by atoms with Crippen LogP contribution in [0.3, 0.4) is 0 Å². The lowest BCUT2D eigenvalue weighted by Gasteiger charge is -2.32. The molecule has 1 unspecified atom stereocenters. The van der Waals surface area contributed by atoms with Crippen molar-refractivity contribution in [1.29, 1.82) is 5.26 Å². The minimum Gasteiger partial charge on any atom is -0.480 e. The fourth-order valence-electron chi connectivity index (χ4n) is 1.76. The highest BCUT2D eigenvalue weighted by molar-refractivity contribution is 5.74. The van der Waals surface area contributed by atoms with Gasteiger partial charge in [0.05, 0.1) is 5.56 Å². The molecule has 2 rings (SSSR count). The third-order valence-electron chi connectivity index (χ3n) is 2.67. The maximum Gasteiger partial charge on any atom is 0.322 e. The third-order valence-corrected chi connectivity index (χ3v) is 2.67. The topological polar surface area (TPSA) is 89.2 Å². The summed E-state index contributed by atoms with van der Waals surface area (Å²) in [6.45, 7) is 1.70. The van der Waals surface area contributed by atoms with Gasteiger partial charge < -0.3 is 15.3 Å². The van der Waals surface area contributed by atoms with Gasteiger partial charge in [0.15, 0.2) is 0 Å². The van der Waals surface area contributed by atoms with Crippen molar-refractivity contribution in [1.82, 2.24) is 10.3 Å². The molecule has 0 radical (unpaired) electrons. The predicted octanol–water partition coefficient (Wildman–Crippen LogP) is -0.184. The largest absolute Gasteiger partial charge is 0.480 e. The Balaban J connectivity index is 2.11. The van der Waals surface area contributed by atoms with E-state index in [9.17, 15) is 4.79 Å². The first-order valence-corrected chi connectivity index (χ1v) is 5.28. The van der Waals surface area contributed by atoms with E-state index in [4.69, 9.17) is 10.4 Å². The second-order valence-corrected chi connectivity index (χ2v) is 3.81. The summed E-state index contributed by atoms with van der Waals surface area (Å²) in [6.07, 6.45) is 1.49. The summed E-state index contributed by atoms with van der Waals surface area (Å²) in [6, 6.07) is 4.85. The summed E-state index contributed by atoms with van der Waals surface area (Å²) >= 11 is 0. The average Bonchev–Trinajstić information content (AvgIpc) is 2.39. The molecule has 0 aliphatic carbocycles. The highest BCUT2D eigenvalue weighted by atomic mass is 16.4. The molecule has 0 amide bonds. The molecule has 2 heterocycles. The number of hydrogen-bond acceptors (Lipinski definition) is 5. The van der Waals surface area contributed by atoms with Crippen LogP contribution in [0.1, 0.15) is 5.56 Å². The van der Waals surface area contributed by atoms with E-state index < -0.39 is 12.0 Å². The predicted molar refractivity (Wildman–Crippen MR) is 60.6 cm³/mol. The number of rotatable bonds is 2. The van der Waals surface area contributed by atoms with E-state index in [-0.39, 0.29) is 0 Å². The number of nitrogens with zero attached hydrogens (tertiary/aromatic N) is 3. The summed E-state index contributed by atoms with van der Waals surface area (Å²) in [5.41, 5.74) is 0.499. The summed E-state index contributed by atoms with van der Waals surface area (Å²) < 4.78 is 0. The Hall–Kier alpha value is -2.13. The summed E-state index contributed by atoms with van der Waals surface area (Å²) in [7, 11) is 0. The van der Waals surface area contributed by atoms with Gasteiger partial charge in [0.25, 0.3) is 0 Å². The highest BCUT2D eigenvalue weighted by Gasteiger charge is 2.25. The molecule has 1 aromatic heterocycles. The minimum absolute atomic E-state index is 0.383. The normalized spacial score (nSPS) is 19.7. The molecule has 1 aromatic rings. The van der Waals surface area contributed by atoms with E-state index in [1.54, 1.807) is 12.1 Å². The van der Waals surface area contributed by atoms with Crippen molar-refractivity contribution in [3.63, 3.8) is 0 Å². The Bertz CT molecular complexity index is 452. The maximum atomic E-state index is 10.9. The summed E-state index contributed by atoms with van der Waals surface area (Å²) in [4.78, 5) is 16.9. The fraction of sp³-hybridized carbons (Fsp3) is 0.364. The molecule has 2 N–H and O–H groups in total. The number of nitriles is 1. The molecule has 1 aliphatic rings. The van der Waals surface area contributed by atoms with Crippen LogP contribution >= 0.6 is 0 Å². The lowest BCUT2D eigenvalue weighted by Crippen LogP contribution is -2.54. The van der Waals surface area contributed by atoms with Crippen molar-refractivity contribution in [2.24, 2.45) is 0 Å². The molecule has 6 nitrogen and oxygen atoms in total. The molecular formula is C11H12N4O2. The first-order chi connectivity index (χ1) is 8.20. The van der Waals surface area contributed by atoms with E-state index >= 15 is 0 Å². The zero-order chi connectivity index (χ0) is 12.3. The van der Waals surface area contributed by atoms with E-state index in [0.29, 0.717) is 31.0 Å². The molecule has 0 bridgehead atoms. The van der Waals surface area contributed by atoms with Crippen LogP contribution in [0.2, 0.25) is 0 Å². The Labute approximate surface area is 98.5 Å². The van der Waals surface area contributed by atoms with Crippen LogP contribution in [0.5, 0.6) is 0 Å². The quantitative estimate of drug-likeness (QED) is 0.735. The summed E-state index contributed by atoms with van der Waals surface area (Å²) in [5, 5.41) is 20.5. The van der Waals surface area contributed by atoms with Crippen molar-refractivity contribution in [2.45, 2.75) is 6.04 Å². The zero-order valence-electron chi connectivity index (χ0n) is 9.13. The van der Waals surface area contributed by atoms with E-state index in [2.05, 4.69) is 10.3 Å². The second-order valence-electron chi connectivity index (χ2n) is 3.81. The van der Waals surface area contributed by atoms with Crippen molar-refractivity contribution in [3.8, 4) is 6.07 Å². The van der Waals surface area contributed by atoms with E-state index in [1.807, 2.05) is 11.0 Å². The van der Waals surface area contributed by atoms with Gasteiger partial charge in [-0.05, 0) is 12.1 Å². The Morgan fingerprint density at radius 3 is 3.06 bits per heavy atom. The first kappa shape index (κ1) is 11.4. The van der Waals surface area contributed by atoms with Crippen LogP contribution in [0.25, 0.3) is 0 Å². The van der Waals surface area contributed by atoms with Crippen LogP contribution < -0.4 is 10.2 Å². The fourth-order valence-corrected chi connectivity index (χ4v) is 1.76. The van der Waals surface area contributed by atoms with Gasteiger partial charge in [0.2, 0.25) is 0 Å². The molecule has 88 valence electrons. The van der Waals surface area contributed by atoms with Gasteiger partial charge in [-0.1, -0.05) is 0 Å². The first-order valence-electron chi connectivity index (χ1n) is 5.28. The molecule has 0 spiro atoms. The Morgan fingerprint density at radius 2 is 2.47 bits per heavy atom. The third kappa shape index (κ3) is 2.52. The van der Waals surface area contributed by atoms with Crippen LogP contribution in [-0.2, 0) is 4.79 Å². The van der Waals surface area contributed by atoms with Crippen LogP contribution in [0.4, 0.5) is 5.82 Å². The molecule has 1 saturated heterocycles. The van der Waals surface area contributed by atoms with Crippen molar-refractivity contribution in [2.75, 3.05) is 24.5 Å². The van der Waals surface area contributed by atoms with Crippen molar-refractivity contribution >= 4 is 11.8 Å². The van der Waals surface area contributed by atoms with E-state index in [1.165, 1.54) is 6.20 Å². The van der Waals surface area contributed by atoms with Crippen LogP contribution in [0.15, 0.2) is 18.3 Å². The lowest BCUT2D eigenvalue weighted by molar-refractivity contribution is -0.139. The number of hydrogen-bond donors (Lipinski definition) is 2.